The van der Waals surface area contributed by atoms with Crippen LogP contribution in [0.25, 0.3) is 0 Å². The minimum Gasteiger partial charge on any atom is -0.359 e. The van der Waals surface area contributed by atoms with E-state index >= 15 is 0 Å². The molecule has 1 N–H and O–H groups in total. The summed E-state index contributed by atoms with van der Waals surface area (Å²) in [7, 11) is 1.18. The third kappa shape index (κ3) is 2.72. The van der Waals surface area contributed by atoms with Crippen LogP contribution in [0, 0.1) is 5.92 Å². The molecule has 6 nitrogen and oxygen atoms in total. The number of amides is 1. The lowest BCUT2D eigenvalue weighted by atomic mass is 9.99. The van der Waals surface area contributed by atoms with Crippen molar-refractivity contribution in [1.29, 1.82) is 0 Å². The molecule has 0 aromatic heterocycles. The smallest absolute Gasteiger partial charge is 0.281 e. The Kier molecular flexibility index (Phi) is 4.28. The second-order valence-corrected chi connectivity index (χ2v) is 6.24. The van der Waals surface area contributed by atoms with E-state index in [0.717, 1.165) is 12.8 Å². The van der Waals surface area contributed by atoms with Crippen molar-refractivity contribution in [3.8, 4) is 0 Å². The Morgan fingerprint density at radius 3 is 2.56 bits per heavy atom. The van der Waals surface area contributed by atoms with Crippen molar-refractivity contribution in [2.45, 2.75) is 12.8 Å². The lowest BCUT2D eigenvalue weighted by Crippen LogP contribution is -2.48. The Labute approximate surface area is 96.8 Å². The number of hydrogen-bond acceptors (Lipinski definition) is 3. The van der Waals surface area contributed by atoms with Crippen LogP contribution >= 0.6 is 0 Å². The van der Waals surface area contributed by atoms with E-state index in [9.17, 15) is 13.2 Å². The highest BCUT2D eigenvalue weighted by Gasteiger charge is 2.32. The standard InChI is InChI=1S/C9H19N3O3S/c1-10-9(13)8-5-4-6-12(7-8)16(14,15)11(2)3/h8H,4-7H2,1-3H3,(H,10,13). The second kappa shape index (κ2) is 5.11. The Balaban J connectivity index is 2.75. The van der Waals surface area contributed by atoms with E-state index in [0.29, 0.717) is 6.54 Å². The summed E-state index contributed by atoms with van der Waals surface area (Å²) in [4.78, 5) is 11.5. The average molecular weight is 249 g/mol. The number of rotatable bonds is 3. The molecule has 7 heteroatoms. The largest absolute Gasteiger partial charge is 0.359 e. The van der Waals surface area contributed by atoms with E-state index in [4.69, 9.17) is 0 Å². The Hall–Kier alpha value is -0.660. The number of carbonyl (C=O) groups is 1. The minimum atomic E-state index is -3.39. The predicted octanol–water partition coefficient (Wildman–Crippen LogP) is -0.749. The number of hydrogen-bond donors (Lipinski definition) is 1. The van der Waals surface area contributed by atoms with Crippen LogP contribution in [0.4, 0.5) is 0 Å². The van der Waals surface area contributed by atoms with Gasteiger partial charge in [0.05, 0.1) is 5.92 Å². The van der Waals surface area contributed by atoms with Crippen LogP contribution in [0.5, 0.6) is 0 Å². The fraction of sp³-hybridized carbons (Fsp3) is 0.889. The van der Waals surface area contributed by atoms with Gasteiger partial charge in [0.15, 0.2) is 0 Å². The molecule has 0 spiro atoms. The summed E-state index contributed by atoms with van der Waals surface area (Å²) < 4.78 is 26.3. The third-order valence-corrected chi connectivity index (χ3v) is 4.70. The van der Waals surface area contributed by atoms with Gasteiger partial charge in [0, 0.05) is 34.2 Å². The summed E-state index contributed by atoms with van der Waals surface area (Å²) in [6, 6.07) is 0. The summed E-state index contributed by atoms with van der Waals surface area (Å²) in [6.07, 6.45) is 1.48. The molecular weight excluding hydrogens is 230 g/mol. The summed E-state index contributed by atoms with van der Waals surface area (Å²) in [6.45, 7) is 0.772. The van der Waals surface area contributed by atoms with Crippen molar-refractivity contribution in [3.63, 3.8) is 0 Å². The van der Waals surface area contributed by atoms with Gasteiger partial charge in [0.2, 0.25) is 5.91 Å². The monoisotopic (exact) mass is 249 g/mol. The van der Waals surface area contributed by atoms with Gasteiger partial charge in [-0.05, 0) is 12.8 Å². The first-order chi connectivity index (χ1) is 7.39. The molecule has 1 heterocycles. The average Bonchev–Trinajstić information content (AvgIpc) is 2.28. The molecule has 1 amide bonds. The summed E-state index contributed by atoms with van der Waals surface area (Å²) >= 11 is 0. The van der Waals surface area contributed by atoms with Gasteiger partial charge in [-0.25, -0.2) is 0 Å². The van der Waals surface area contributed by atoms with Crippen LogP contribution in [-0.4, -0.2) is 57.2 Å². The summed E-state index contributed by atoms with van der Waals surface area (Å²) in [5, 5.41) is 2.56. The maximum atomic E-state index is 11.9. The molecule has 0 aromatic carbocycles. The van der Waals surface area contributed by atoms with Crippen molar-refractivity contribution < 1.29 is 13.2 Å². The zero-order valence-corrected chi connectivity index (χ0v) is 10.7. The molecule has 1 saturated heterocycles. The first-order valence-electron chi connectivity index (χ1n) is 5.28. The SMILES string of the molecule is CNC(=O)C1CCCN(S(=O)(=O)N(C)C)C1. The quantitative estimate of drug-likeness (QED) is 0.715. The van der Waals surface area contributed by atoms with Gasteiger partial charge >= 0.3 is 0 Å². The normalized spacial score (nSPS) is 23.4. The lowest BCUT2D eigenvalue weighted by Gasteiger charge is -2.32. The van der Waals surface area contributed by atoms with E-state index in [1.807, 2.05) is 0 Å². The van der Waals surface area contributed by atoms with E-state index < -0.39 is 10.2 Å². The number of piperidine rings is 1. The highest BCUT2D eigenvalue weighted by atomic mass is 32.2. The second-order valence-electron chi connectivity index (χ2n) is 4.10. The molecule has 0 aliphatic carbocycles. The van der Waals surface area contributed by atoms with Crippen molar-refractivity contribution in [2.24, 2.45) is 5.92 Å². The minimum absolute atomic E-state index is 0.0846. The summed E-state index contributed by atoms with van der Waals surface area (Å²) in [5.74, 6) is -0.313. The van der Waals surface area contributed by atoms with Crippen molar-refractivity contribution >= 4 is 16.1 Å². The fourth-order valence-electron chi connectivity index (χ4n) is 1.80. The number of nitrogens with zero attached hydrogens (tertiary/aromatic N) is 2. The van der Waals surface area contributed by atoms with Crippen LogP contribution in [-0.2, 0) is 15.0 Å². The molecule has 0 aromatic rings. The van der Waals surface area contributed by atoms with E-state index in [1.54, 1.807) is 7.05 Å². The van der Waals surface area contributed by atoms with Crippen molar-refractivity contribution in [1.82, 2.24) is 13.9 Å². The first-order valence-corrected chi connectivity index (χ1v) is 6.68. The van der Waals surface area contributed by atoms with Crippen LogP contribution in [0.15, 0.2) is 0 Å². The number of nitrogens with one attached hydrogen (secondary N) is 1. The molecule has 0 saturated carbocycles. The molecule has 1 unspecified atom stereocenters. The Bertz CT molecular complexity index is 353. The number of carbonyl (C=O) groups excluding carboxylic acids is 1. The van der Waals surface area contributed by atoms with Crippen LogP contribution in [0.1, 0.15) is 12.8 Å². The molecular formula is C9H19N3O3S. The third-order valence-electron chi connectivity index (χ3n) is 2.79. The van der Waals surface area contributed by atoms with Crippen LogP contribution < -0.4 is 5.32 Å². The molecule has 1 fully saturated rings. The van der Waals surface area contributed by atoms with E-state index in [-0.39, 0.29) is 18.4 Å². The zero-order valence-electron chi connectivity index (χ0n) is 9.93. The topological polar surface area (TPSA) is 69.7 Å². The molecule has 1 rings (SSSR count). The van der Waals surface area contributed by atoms with Gasteiger partial charge < -0.3 is 5.32 Å². The van der Waals surface area contributed by atoms with Gasteiger partial charge in [-0.1, -0.05) is 0 Å². The highest BCUT2D eigenvalue weighted by molar-refractivity contribution is 7.86. The van der Waals surface area contributed by atoms with Crippen molar-refractivity contribution in [2.75, 3.05) is 34.2 Å². The summed E-state index contributed by atoms with van der Waals surface area (Å²) in [5.41, 5.74) is 0. The molecule has 1 atom stereocenters. The molecule has 16 heavy (non-hydrogen) atoms. The van der Waals surface area contributed by atoms with E-state index in [2.05, 4.69) is 5.32 Å². The molecule has 94 valence electrons. The van der Waals surface area contributed by atoms with Gasteiger partial charge in [-0.15, -0.1) is 0 Å². The predicted molar refractivity (Wildman–Crippen MR) is 61.0 cm³/mol. The van der Waals surface area contributed by atoms with Gasteiger partial charge in [0.1, 0.15) is 0 Å². The van der Waals surface area contributed by atoms with Crippen molar-refractivity contribution in [3.05, 3.63) is 0 Å². The molecule has 0 radical (unpaired) electrons. The maximum Gasteiger partial charge on any atom is 0.281 e. The van der Waals surface area contributed by atoms with Gasteiger partial charge in [0.25, 0.3) is 10.2 Å². The highest BCUT2D eigenvalue weighted by Crippen LogP contribution is 2.20. The Morgan fingerprint density at radius 1 is 1.44 bits per heavy atom. The molecule has 1 aliphatic rings. The first kappa shape index (κ1) is 13.4. The lowest BCUT2D eigenvalue weighted by molar-refractivity contribution is -0.125. The molecule has 0 bridgehead atoms. The van der Waals surface area contributed by atoms with Gasteiger partial charge in [-0.3, -0.25) is 4.79 Å². The Morgan fingerprint density at radius 2 is 2.06 bits per heavy atom. The van der Waals surface area contributed by atoms with Gasteiger partial charge in [-0.2, -0.15) is 17.0 Å². The van der Waals surface area contributed by atoms with Crippen LogP contribution in [0.3, 0.4) is 0 Å². The fourth-order valence-corrected chi connectivity index (χ4v) is 2.99. The van der Waals surface area contributed by atoms with E-state index in [1.165, 1.54) is 22.7 Å². The van der Waals surface area contributed by atoms with Crippen LogP contribution in [0.2, 0.25) is 0 Å². The maximum absolute atomic E-state index is 11.9. The zero-order chi connectivity index (χ0) is 12.3. The molecule has 1 aliphatic heterocycles.